The van der Waals surface area contributed by atoms with Gasteiger partial charge in [0.25, 0.3) is 0 Å². The first kappa shape index (κ1) is 21.2. The first-order valence-corrected chi connectivity index (χ1v) is 10.6. The average Bonchev–Trinajstić information content (AvgIpc) is 3.09. The summed E-state index contributed by atoms with van der Waals surface area (Å²) in [5.41, 5.74) is 7.98. The highest BCUT2D eigenvalue weighted by atomic mass is 19.1. The molecule has 2 N–H and O–H groups in total. The maximum atomic E-state index is 14.6. The van der Waals surface area contributed by atoms with Crippen LogP contribution in [0.3, 0.4) is 0 Å². The van der Waals surface area contributed by atoms with Crippen LogP contribution in [-0.2, 0) is 13.6 Å². The summed E-state index contributed by atoms with van der Waals surface area (Å²) in [6.45, 7) is 3.53. The largest absolute Gasteiger partial charge is 0.383 e. The van der Waals surface area contributed by atoms with Crippen molar-refractivity contribution in [2.24, 2.45) is 7.05 Å². The molecule has 0 atom stereocenters. The van der Waals surface area contributed by atoms with Gasteiger partial charge in [0.2, 0.25) is 5.95 Å². The first-order valence-electron chi connectivity index (χ1n) is 10.6. The van der Waals surface area contributed by atoms with E-state index in [1.807, 2.05) is 4.90 Å². The number of nitrogen functional groups attached to an aromatic ring is 1. The van der Waals surface area contributed by atoms with Crippen LogP contribution in [0.2, 0.25) is 0 Å². The van der Waals surface area contributed by atoms with Gasteiger partial charge in [-0.25, -0.2) is 18.2 Å². The molecule has 1 aliphatic rings. The van der Waals surface area contributed by atoms with Crippen LogP contribution in [0.4, 0.5) is 24.9 Å². The molecule has 10 heteroatoms. The molecule has 0 bridgehead atoms. The molecule has 0 aliphatic carbocycles. The zero-order valence-electron chi connectivity index (χ0n) is 18.0. The molecule has 0 spiro atoms. The number of halogens is 3. The van der Waals surface area contributed by atoms with Crippen molar-refractivity contribution in [3.05, 3.63) is 65.5 Å². The van der Waals surface area contributed by atoms with Crippen molar-refractivity contribution in [3.63, 3.8) is 0 Å². The molecule has 1 aliphatic heterocycles. The molecule has 0 unspecified atom stereocenters. The van der Waals surface area contributed by atoms with Gasteiger partial charge in [-0.2, -0.15) is 10.1 Å². The lowest BCUT2D eigenvalue weighted by molar-refractivity contribution is 0.248. The van der Waals surface area contributed by atoms with Gasteiger partial charge in [0.15, 0.2) is 5.65 Å². The highest BCUT2D eigenvalue weighted by Gasteiger charge is 2.24. The third-order valence-electron chi connectivity index (χ3n) is 5.89. The normalized spacial score (nSPS) is 14.8. The van der Waals surface area contributed by atoms with E-state index in [0.717, 1.165) is 31.3 Å². The summed E-state index contributed by atoms with van der Waals surface area (Å²) in [7, 11) is 1.68. The van der Waals surface area contributed by atoms with Gasteiger partial charge in [-0.3, -0.25) is 9.58 Å². The van der Waals surface area contributed by atoms with E-state index in [9.17, 15) is 13.2 Å². The number of nitrogens with two attached hydrogens (primary N) is 1. The Morgan fingerprint density at radius 1 is 0.909 bits per heavy atom. The molecule has 4 aromatic rings. The summed E-state index contributed by atoms with van der Waals surface area (Å²) in [5.74, 6) is -0.925. The van der Waals surface area contributed by atoms with Gasteiger partial charge in [-0.15, -0.1) is 0 Å². The van der Waals surface area contributed by atoms with E-state index in [1.54, 1.807) is 19.2 Å². The predicted molar refractivity (Wildman–Crippen MR) is 120 cm³/mol. The number of aromatic nitrogens is 4. The van der Waals surface area contributed by atoms with Crippen LogP contribution in [0.15, 0.2) is 42.5 Å². The van der Waals surface area contributed by atoms with Crippen LogP contribution in [-0.4, -0.2) is 50.8 Å². The average molecular weight is 453 g/mol. The standard InChI is InChI=1S/C23H22F3N7/c1-31-21(27)19-20(17-7-6-16(25)12-18(17)26)28-23(29-22(19)30-31)33-10-8-32(9-11-33)13-14-2-4-15(24)5-3-14/h2-7,12H,8-11,13,27H2,1H3. The molecule has 1 saturated heterocycles. The number of hydrogen-bond acceptors (Lipinski definition) is 6. The minimum absolute atomic E-state index is 0.139. The highest BCUT2D eigenvalue weighted by Crippen LogP contribution is 2.33. The number of benzene rings is 2. The van der Waals surface area contributed by atoms with Gasteiger partial charge in [0.1, 0.15) is 23.3 Å². The molecule has 2 aromatic heterocycles. The number of piperazine rings is 1. The topological polar surface area (TPSA) is 76.1 Å². The second-order valence-electron chi connectivity index (χ2n) is 8.09. The predicted octanol–water partition coefficient (Wildman–Crippen LogP) is 3.35. The maximum Gasteiger partial charge on any atom is 0.228 e. The van der Waals surface area contributed by atoms with Crippen molar-refractivity contribution >= 4 is 22.8 Å². The Hall–Kier alpha value is -3.66. The number of rotatable bonds is 4. The molecular weight excluding hydrogens is 431 g/mol. The quantitative estimate of drug-likeness (QED) is 0.511. The van der Waals surface area contributed by atoms with E-state index >= 15 is 0 Å². The lowest BCUT2D eigenvalue weighted by Gasteiger charge is -2.34. The van der Waals surface area contributed by atoms with Crippen molar-refractivity contribution in [1.29, 1.82) is 0 Å². The van der Waals surface area contributed by atoms with E-state index in [0.29, 0.717) is 35.9 Å². The smallest absolute Gasteiger partial charge is 0.228 e. The van der Waals surface area contributed by atoms with Crippen LogP contribution >= 0.6 is 0 Å². The van der Waals surface area contributed by atoms with Crippen LogP contribution in [0, 0.1) is 17.5 Å². The Balaban J connectivity index is 1.44. The summed E-state index contributed by atoms with van der Waals surface area (Å²) in [6.07, 6.45) is 0. The third kappa shape index (κ3) is 4.09. The fourth-order valence-corrected chi connectivity index (χ4v) is 4.08. The van der Waals surface area contributed by atoms with Gasteiger partial charge in [0.05, 0.1) is 11.1 Å². The fourth-order valence-electron chi connectivity index (χ4n) is 4.08. The van der Waals surface area contributed by atoms with Gasteiger partial charge in [-0.1, -0.05) is 12.1 Å². The molecule has 0 radical (unpaired) electrons. The number of fused-ring (bicyclic) bond motifs is 1. The first-order chi connectivity index (χ1) is 15.9. The third-order valence-corrected chi connectivity index (χ3v) is 5.89. The Bertz CT molecular complexity index is 1310. The van der Waals surface area contributed by atoms with Gasteiger partial charge in [0, 0.05) is 51.4 Å². The van der Waals surface area contributed by atoms with Gasteiger partial charge in [-0.05, 0) is 29.8 Å². The Morgan fingerprint density at radius 3 is 2.30 bits per heavy atom. The van der Waals surface area contributed by atoms with Gasteiger partial charge < -0.3 is 10.6 Å². The summed E-state index contributed by atoms with van der Waals surface area (Å²) in [5, 5.41) is 4.79. The second kappa shape index (κ2) is 8.36. The summed E-state index contributed by atoms with van der Waals surface area (Å²) in [6, 6.07) is 9.86. The van der Waals surface area contributed by atoms with Crippen LogP contribution < -0.4 is 10.6 Å². The minimum atomic E-state index is -0.728. The number of hydrogen-bond donors (Lipinski definition) is 1. The lowest BCUT2D eigenvalue weighted by atomic mass is 10.1. The molecule has 0 saturated carbocycles. The number of anilines is 2. The Morgan fingerprint density at radius 2 is 1.61 bits per heavy atom. The fraction of sp³-hybridized carbons (Fsp3) is 0.261. The van der Waals surface area contributed by atoms with E-state index in [2.05, 4.69) is 20.0 Å². The summed E-state index contributed by atoms with van der Waals surface area (Å²) in [4.78, 5) is 13.5. The maximum absolute atomic E-state index is 14.6. The second-order valence-corrected chi connectivity index (χ2v) is 8.09. The molecule has 170 valence electrons. The zero-order chi connectivity index (χ0) is 23.1. The van der Waals surface area contributed by atoms with Crippen molar-refractivity contribution < 1.29 is 13.2 Å². The monoisotopic (exact) mass is 453 g/mol. The molecule has 2 aromatic carbocycles. The van der Waals surface area contributed by atoms with E-state index < -0.39 is 11.6 Å². The minimum Gasteiger partial charge on any atom is -0.383 e. The number of nitrogens with zero attached hydrogens (tertiary/aromatic N) is 6. The van der Waals surface area contributed by atoms with E-state index in [4.69, 9.17) is 5.73 Å². The summed E-state index contributed by atoms with van der Waals surface area (Å²) < 4.78 is 42.8. The van der Waals surface area contributed by atoms with Crippen LogP contribution in [0.5, 0.6) is 0 Å². The Labute approximate surface area is 188 Å². The SMILES string of the molecule is Cn1nc2nc(N3CCN(Cc4ccc(F)cc4)CC3)nc(-c3ccc(F)cc3F)c2c1N. The molecule has 0 amide bonds. The van der Waals surface area contributed by atoms with E-state index in [-0.39, 0.29) is 17.1 Å². The molecule has 5 rings (SSSR count). The summed E-state index contributed by atoms with van der Waals surface area (Å²) >= 11 is 0. The van der Waals surface area contributed by atoms with Crippen molar-refractivity contribution in [1.82, 2.24) is 24.6 Å². The molecule has 7 nitrogen and oxygen atoms in total. The van der Waals surface area contributed by atoms with Gasteiger partial charge >= 0.3 is 0 Å². The molecule has 33 heavy (non-hydrogen) atoms. The van der Waals surface area contributed by atoms with Crippen molar-refractivity contribution in [2.45, 2.75) is 6.54 Å². The molecule has 1 fully saturated rings. The molecular formula is C23H22F3N7. The highest BCUT2D eigenvalue weighted by molar-refractivity contribution is 5.99. The molecule has 3 heterocycles. The van der Waals surface area contributed by atoms with Crippen molar-refractivity contribution in [2.75, 3.05) is 36.8 Å². The lowest BCUT2D eigenvalue weighted by Crippen LogP contribution is -2.46. The van der Waals surface area contributed by atoms with Crippen LogP contribution in [0.1, 0.15) is 5.56 Å². The number of aryl methyl sites for hydroxylation is 1. The Kier molecular flexibility index (Phi) is 5.37. The van der Waals surface area contributed by atoms with E-state index in [1.165, 1.54) is 28.9 Å². The van der Waals surface area contributed by atoms with Crippen molar-refractivity contribution in [3.8, 4) is 11.3 Å². The van der Waals surface area contributed by atoms with Crippen LogP contribution in [0.25, 0.3) is 22.3 Å². The zero-order valence-corrected chi connectivity index (χ0v) is 18.0.